The van der Waals surface area contributed by atoms with Gasteiger partial charge in [0.1, 0.15) is 11.6 Å². The Balaban J connectivity index is 2.10. The van der Waals surface area contributed by atoms with Gasteiger partial charge in [-0.3, -0.25) is 14.4 Å². The maximum atomic E-state index is 13.9. The monoisotopic (exact) mass is 422 g/mol. The zero-order valence-electron chi connectivity index (χ0n) is 18.3. The molecule has 3 fully saturated rings. The number of aliphatic hydroxyl groups excluding tert-OH is 1. The number of amides is 2. The van der Waals surface area contributed by atoms with Crippen LogP contribution in [0.3, 0.4) is 0 Å². The van der Waals surface area contributed by atoms with Gasteiger partial charge in [0.05, 0.1) is 30.1 Å². The zero-order valence-corrected chi connectivity index (χ0v) is 18.3. The largest absolute Gasteiger partial charge is 0.481 e. The fraction of sp³-hybridized carbons (Fsp3) is 0.773. The van der Waals surface area contributed by atoms with Crippen LogP contribution in [0.1, 0.15) is 53.4 Å². The predicted molar refractivity (Wildman–Crippen MR) is 110 cm³/mol. The molecule has 0 aromatic rings. The summed E-state index contributed by atoms with van der Waals surface area (Å²) in [5.41, 5.74) is -2.15. The Morgan fingerprint density at radius 2 is 2.07 bits per heavy atom. The van der Waals surface area contributed by atoms with Crippen LogP contribution >= 0.6 is 0 Å². The first-order valence-corrected chi connectivity index (χ1v) is 10.9. The van der Waals surface area contributed by atoms with E-state index in [4.69, 9.17) is 4.74 Å². The maximum absolute atomic E-state index is 13.9. The Morgan fingerprint density at radius 3 is 2.60 bits per heavy atom. The molecule has 3 heterocycles. The second-order valence-corrected chi connectivity index (χ2v) is 9.26. The summed E-state index contributed by atoms with van der Waals surface area (Å²) in [5.74, 6) is -3.69. The van der Waals surface area contributed by atoms with Crippen LogP contribution in [-0.2, 0) is 19.1 Å². The van der Waals surface area contributed by atoms with Crippen molar-refractivity contribution < 1.29 is 29.3 Å². The smallest absolute Gasteiger partial charge is 0.310 e. The van der Waals surface area contributed by atoms with E-state index < -0.39 is 47.0 Å². The summed E-state index contributed by atoms with van der Waals surface area (Å²) in [7, 11) is 0. The maximum Gasteiger partial charge on any atom is 0.310 e. The van der Waals surface area contributed by atoms with Crippen LogP contribution in [0.2, 0.25) is 0 Å². The van der Waals surface area contributed by atoms with Crippen molar-refractivity contribution in [3.63, 3.8) is 0 Å². The minimum Gasteiger partial charge on any atom is -0.481 e. The number of ether oxygens (including phenoxy) is 1. The first kappa shape index (κ1) is 22.7. The second kappa shape index (κ2) is 7.96. The summed E-state index contributed by atoms with van der Waals surface area (Å²) in [4.78, 5) is 42.6. The van der Waals surface area contributed by atoms with E-state index in [1.807, 2.05) is 13.8 Å². The summed E-state index contributed by atoms with van der Waals surface area (Å²) < 4.78 is 6.34. The van der Waals surface area contributed by atoms with Crippen LogP contribution in [-0.4, -0.2) is 80.3 Å². The molecule has 3 aliphatic heterocycles. The Morgan fingerprint density at radius 1 is 1.40 bits per heavy atom. The fourth-order valence-corrected chi connectivity index (χ4v) is 5.94. The highest BCUT2D eigenvalue weighted by molar-refractivity contribution is 5.98. The average Bonchev–Trinajstić information content (AvgIpc) is 3.26. The summed E-state index contributed by atoms with van der Waals surface area (Å²) >= 11 is 0. The van der Waals surface area contributed by atoms with E-state index in [9.17, 15) is 24.6 Å². The predicted octanol–water partition coefficient (Wildman–Crippen LogP) is 1.42. The number of carbonyl (C=O) groups is 3. The van der Waals surface area contributed by atoms with Gasteiger partial charge in [0, 0.05) is 12.6 Å². The Bertz CT molecular complexity index is 741. The number of aliphatic carboxylic acids is 1. The molecule has 2 bridgehead atoms. The van der Waals surface area contributed by atoms with Crippen molar-refractivity contribution in [2.45, 2.75) is 82.7 Å². The van der Waals surface area contributed by atoms with Crippen LogP contribution in [0.5, 0.6) is 0 Å². The van der Waals surface area contributed by atoms with Gasteiger partial charge in [-0.15, -0.1) is 6.58 Å². The third kappa shape index (κ3) is 3.07. The molecular formula is C22H34N2O6. The molecule has 3 aliphatic rings. The van der Waals surface area contributed by atoms with Gasteiger partial charge in [0.15, 0.2) is 0 Å². The molecule has 3 unspecified atom stereocenters. The number of carboxylic acid groups (broad SMARTS) is 1. The molecule has 30 heavy (non-hydrogen) atoms. The highest BCUT2D eigenvalue weighted by Gasteiger charge is 2.78. The summed E-state index contributed by atoms with van der Waals surface area (Å²) in [6.45, 7) is 11.2. The van der Waals surface area contributed by atoms with Crippen LogP contribution in [0.25, 0.3) is 0 Å². The molecular weight excluding hydrogens is 388 g/mol. The molecule has 0 aromatic carbocycles. The van der Waals surface area contributed by atoms with Gasteiger partial charge in [0.2, 0.25) is 11.8 Å². The standard InChI is InChI=1S/C22H34N2O6/c1-6-8-13(3)23(11-7-2)19(27)17-22-10-9-21(5,30-22)16(20(28)29)15(22)18(26)24(17)14(4)12-25/h7,13-17,25H,2,6,8-12H2,1,3-5H3,(H,28,29)/t13?,14-,15+,16+,17?,21-,22?/m1/s1. The molecule has 3 rings (SSSR count). The number of carboxylic acids is 1. The van der Waals surface area contributed by atoms with E-state index in [2.05, 4.69) is 6.58 Å². The number of hydrogen-bond acceptors (Lipinski definition) is 5. The number of likely N-dealkylation sites (tertiary alicyclic amines) is 1. The highest BCUT2D eigenvalue weighted by atomic mass is 16.5. The number of rotatable bonds is 9. The van der Waals surface area contributed by atoms with Gasteiger partial charge in [-0.25, -0.2) is 0 Å². The van der Waals surface area contributed by atoms with Gasteiger partial charge in [-0.2, -0.15) is 0 Å². The molecule has 0 aromatic heterocycles. The van der Waals surface area contributed by atoms with Crippen molar-refractivity contribution in [1.29, 1.82) is 0 Å². The summed E-state index contributed by atoms with van der Waals surface area (Å²) in [5, 5.41) is 19.7. The number of carbonyl (C=O) groups excluding carboxylic acids is 2. The topological polar surface area (TPSA) is 107 Å². The van der Waals surface area contributed by atoms with Gasteiger partial charge in [-0.05, 0) is 40.0 Å². The van der Waals surface area contributed by atoms with E-state index in [0.29, 0.717) is 19.4 Å². The van der Waals surface area contributed by atoms with Gasteiger partial charge < -0.3 is 24.7 Å². The minimum atomic E-state index is -1.18. The Hall–Kier alpha value is -1.93. The molecule has 0 radical (unpaired) electrons. The Labute approximate surface area is 177 Å². The van der Waals surface area contributed by atoms with E-state index in [1.54, 1.807) is 24.8 Å². The highest BCUT2D eigenvalue weighted by Crippen LogP contribution is 2.63. The molecule has 7 atom stereocenters. The second-order valence-electron chi connectivity index (χ2n) is 9.26. The molecule has 0 aliphatic carbocycles. The van der Waals surface area contributed by atoms with Crippen molar-refractivity contribution in [3.05, 3.63) is 12.7 Å². The molecule has 8 heteroatoms. The zero-order chi connectivity index (χ0) is 22.4. The Kier molecular flexibility index (Phi) is 6.04. The third-order valence-electron chi connectivity index (χ3n) is 7.30. The number of hydrogen-bond donors (Lipinski definition) is 2. The van der Waals surface area contributed by atoms with Crippen molar-refractivity contribution in [3.8, 4) is 0 Å². The molecule has 8 nitrogen and oxygen atoms in total. The lowest BCUT2D eigenvalue weighted by atomic mass is 9.66. The SMILES string of the molecule is C=CCN(C(=O)C1N([C@H](C)CO)C(=O)[C@@H]2[C@@H](C(=O)O)[C@@]3(C)CCC12O3)C(C)CCC. The molecule has 168 valence electrons. The van der Waals surface area contributed by atoms with Crippen molar-refractivity contribution in [2.24, 2.45) is 11.8 Å². The van der Waals surface area contributed by atoms with Crippen LogP contribution in [0.4, 0.5) is 0 Å². The van der Waals surface area contributed by atoms with Gasteiger partial charge >= 0.3 is 5.97 Å². The van der Waals surface area contributed by atoms with Crippen molar-refractivity contribution >= 4 is 17.8 Å². The first-order valence-electron chi connectivity index (χ1n) is 10.9. The molecule has 2 N–H and O–H groups in total. The quantitative estimate of drug-likeness (QED) is 0.544. The number of nitrogens with zero attached hydrogens (tertiary/aromatic N) is 2. The van der Waals surface area contributed by atoms with Gasteiger partial charge in [-0.1, -0.05) is 19.4 Å². The molecule has 1 spiro atoms. The summed E-state index contributed by atoms with van der Waals surface area (Å²) in [6, 6.07) is -1.65. The van der Waals surface area contributed by atoms with E-state index in [1.165, 1.54) is 4.90 Å². The lowest BCUT2D eigenvalue weighted by Crippen LogP contribution is -2.59. The van der Waals surface area contributed by atoms with Crippen LogP contribution < -0.4 is 0 Å². The van der Waals surface area contributed by atoms with Crippen molar-refractivity contribution in [2.75, 3.05) is 13.2 Å². The van der Waals surface area contributed by atoms with Gasteiger partial charge in [0.25, 0.3) is 0 Å². The van der Waals surface area contributed by atoms with E-state index >= 15 is 0 Å². The minimum absolute atomic E-state index is 0.0678. The molecule has 3 saturated heterocycles. The van der Waals surface area contributed by atoms with E-state index in [-0.39, 0.29) is 18.6 Å². The lowest BCUT2D eigenvalue weighted by molar-refractivity contribution is -0.158. The van der Waals surface area contributed by atoms with Crippen LogP contribution in [0, 0.1) is 11.8 Å². The normalized spacial score (nSPS) is 36.5. The molecule has 2 amide bonds. The lowest BCUT2D eigenvalue weighted by Gasteiger charge is -2.40. The molecule has 0 saturated carbocycles. The number of fused-ring (bicyclic) bond motifs is 1. The summed E-state index contributed by atoms with van der Waals surface area (Å²) in [6.07, 6.45) is 4.27. The average molecular weight is 423 g/mol. The van der Waals surface area contributed by atoms with Crippen LogP contribution in [0.15, 0.2) is 12.7 Å². The number of aliphatic hydroxyl groups is 1. The van der Waals surface area contributed by atoms with E-state index in [0.717, 1.165) is 12.8 Å². The first-order chi connectivity index (χ1) is 14.1. The van der Waals surface area contributed by atoms with Crippen molar-refractivity contribution in [1.82, 2.24) is 9.80 Å². The fourth-order valence-electron chi connectivity index (χ4n) is 5.94. The third-order valence-corrected chi connectivity index (χ3v) is 7.30.